The second kappa shape index (κ2) is 6.61. The summed E-state index contributed by atoms with van der Waals surface area (Å²) in [7, 11) is 0. The van der Waals surface area contributed by atoms with Gasteiger partial charge in [0, 0.05) is 11.6 Å². The van der Waals surface area contributed by atoms with Crippen LogP contribution in [0.1, 0.15) is 13.3 Å². The van der Waals surface area contributed by atoms with E-state index in [1.165, 1.54) is 0 Å². The molecule has 0 bridgehead atoms. The van der Waals surface area contributed by atoms with Crippen molar-refractivity contribution in [2.75, 3.05) is 18.4 Å². The number of hydrogen-bond acceptors (Lipinski definition) is 2. The maximum atomic E-state index is 11.3. The molecule has 1 aromatic carbocycles. The number of carbonyl (C=O) groups excluding carboxylic acids is 1. The first-order valence-corrected chi connectivity index (χ1v) is 5.84. The van der Waals surface area contributed by atoms with E-state index < -0.39 is 0 Å². The first-order chi connectivity index (χ1) is 7.63. The molecule has 0 aliphatic rings. The third-order valence-corrected chi connectivity index (χ3v) is 2.50. The van der Waals surface area contributed by atoms with Crippen LogP contribution < -0.4 is 10.6 Å². The van der Waals surface area contributed by atoms with Crippen molar-refractivity contribution in [3.8, 4) is 0 Å². The topological polar surface area (TPSA) is 41.1 Å². The average Bonchev–Trinajstić information content (AvgIpc) is 2.27. The molecule has 16 heavy (non-hydrogen) atoms. The van der Waals surface area contributed by atoms with Gasteiger partial charge in [-0.1, -0.05) is 30.1 Å². The van der Waals surface area contributed by atoms with Crippen LogP contribution in [0.2, 0.25) is 10.0 Å². The van der Waals surface area contributed by atoms with Crippen LogP contribution in [0.3, 0.4) is 0 Å². The number of nitrogens with one attached hydrogen (secondary N) is 2. The van der Waals surface area contributed by atoms with Gasteiger partial charge in [0.15, 0.2) is 0 Å². The second-order valence-electron chi connectivity index (χ2n) is 3.33. The smallest absolute Gasteiger partial charge is 0.239 e. The molecule has 0 radical (unpaired) electrons. The largest absolute Gasteiger partial charge is 0.375 e. The fourth-order valence-electron chi connectivity index (χ4n) is 1.14. The fourth-order valence-corrected chi connectivity index (χ4v) is 1.49. The predicted molar refractivity (Wildman–Crippen MR) is 68.3 cm³/mol. The van der Waals surface area contributed by atoms with Gasteiger partial charge in [-0.25, -0.2) is 0 Å². The number of anilines is 1. The van der Waals surface area contributed by atoms with Gasteiger partial charge in [-0.3, -0.25) is 4.79 Å². The monoisotopic (exact) mass is 260 g/mol. The Kier molecular flexibility index (Phi) is 5.43. The van der Waals surface area contributed by atoms with Crippen LogP contribution in [0.5, 0.6) is 0 Å². The molecule has 0 atom stereocenters. The highest BCUT2D eigenvalue weighted by atomic mass is 35.5. The van der Waals surface area contributed by atoms with E-state index >= 15 is 0 Å². The third-order valence-electron chi connectivity index (χ3n) is 1.94. The van der Waals surface area contributed by atoms with Crippen LogP contribution in [-0.2, 0) is 4.79 Å². The summed E-state index contributed by atoms with van der Waals surface area (Å²) in [6, 6.07) is 5.08. The van der Waals surface area contributed by atoms with Crippen molar-refractivity contribution in [2.45, 2.75) is 13.3 Å². The number of amides is 1. The quantitative estimate of drug-likeness (QED) is 0.855. The molecule has 0 aromatic heterocycles. The van der Waals surface area contributed by atoms with E-state index in [0.717, 1.165) is 6.42 Å². The zero-order valence-electron chi connectivity index (χ0n) is 9.02. The number of rotatable bonds is 5. The van der Waals surface area contributed by atoms with Gasteiger partial charge in [0.05, 0.1) is 17.3 Å². The first kappa shape index (κ1) is 13.1. The van der Waals surface area contributed by atoms with E-state index in [9.17, 15) is 4.79 Å². The fraction of sp³-hybridized carbons (Fsp3) is 0.364. The van der Waals surface area contributed by atoms with Crippen molar-refractivity contribution in [2.24, 2.45) is 0 Å². The van der Waals surface area contributed by atoms with Crippen LogP contribution in [0.25, 0.3) is 0 Å². The standard InChI is InChI=1S/C11H14Cl2N2O/c1-2-5-14-11(16)7-15-10-6-8(12)3-4-9(10)13/h3-4,6,15H,2,5,7H2,1H3,(H,14,16). The normalized spacial score (nSPS) is 9.94. The zero-order chi connectivity index (χ0) is 12.0. The molecule has 0 saturated heterocycles. The van der Waals surface area contributed by atoms with Gasteiger partial charge in [-0.2, -0.15) is 0 Å². The highest BCUT2D eigenvalue weighted by Crippen LogP contribution is 2.24. The first-order valence-electron chi connectivity index (χ1n) is 5.09. The second-order valence-corrected chi connectivity index (χ2v) is 4.17. The van der Waals surface area contributed by atoms with Crippen molar-refractivity contribution in [3.63, 3.8) is 0 Å². The molecule has 1 amide bonds. The summed E-state index contributed by atoms with van der Waals surface area (Å²) < 4.78 is 0. The summed E-state index contributed by atoms with van der Waals surface area (Å²) in [5.74, 6) is -0.0575. The van der Waals surface area contributed by atoms with E-state index in [1.807, 2.05) is 6.92 Å². The van der Waals surface area contributed by atoms with Gasteiger partial charge >= 0.3 is 0 Å². The Morgan fingerprint density at radius 2 is 2.12 bits per heavy atom. The van der Waals surface area contributed by atoms with Crippen molar-refractivity contribution in [3.05, 3.63) is 28.2 Å². The van der Waals surface area contributed by atoms with E-state index in [-0.39, 0.29) is 12.5 Å². The average molecular weight is 261 g/mol. The molecule has 0 aliphatic heterocycles. The zero-order valence-corrected chi connectivity index (χ0v) is 10.5. The Bertz CT molecular complexity index is 369. The Hall–Kier alpha value is -0.930. The molecule has 5 heteroatoms. The van der Waals surface area contributed by atoms with Crippen LogP contribution >= 0.6 is 23.2 Å². The van der Waals surface area contributed by atoms with Crippen LogP contribution in [0.4, 0.5) is 5.69 Å². The molecule has 3 nitrogen and oxygen atoms in total. The molecule has 1 rings (SSSR count). The van der Waals surface area contributed by atoms with E-state index in [0.29, 0.717) is 22.3 Å². The highest BCUT2D eigenvalue weighted by Gasteiger charge is 2.03. The van der Waals surface area contributed by atoms with Gasteiger partial charge in [0.25, 0.3) is 0 Å². The number of halogens is 2. The van der Waals surface area contributed by atoms with Gasteiger partial charge in [-0.15, -0.1) is 0 Å². The molecule has 0 fully saturated rings. The molecule has 2 N–H and O–H groups in total. The summed E-state index contributed by atoms with van der Waals surface area (Å²) in [5.41, 5.74) is 0.667. The molecule has 0 heterocycles. The predicted octanol–water partition coefficient (Wildman–Crippen LogP) is 2.93. The van der Waals surface area contributed by atoms with E-state index in [1.54, 1.807) is 18.2 Å². The number of hydrogen-bond donors (Lipinski definition) is 2. The van der Waals surface area contributed by atoms with Crippen LogP contribution in [-0.4, -0.2) is 19.0 Å². The van der Waals surface area contributed by atoms with Crippen LogP contribution in [0.15, 0.2) is 18.2 Å². The Labute approximate surface area is 105 Å². The summed E-state index contributed by atoms with van der Waals surface area (Å²) in [6.07, 6.45) is 0.920. The maximum absolute atomic E-state index is 11.3. The Morgan fingerprint density at radius 1 is 1.38 bits per heavy atom. The Balaban J connectivity index is 2.47. The molecule has 1 aromatic rings. The van der Waals surface area contributed by atoms with Crippen LogP contribution in [0, 0.1) is 0 Å². The summed E-state index contributed by atoms with van der Waals surface area (Å²) in [4.78, 5) is 11.3. The molecule has 0 saturated carbocycles. The van der Waals surface area contributed by atoms with Gasteiger partial charge in [0.2, 0.25) is 5.91 Å². The minimum Gasteiger partial charge on any atom is -0.375 e. The molecular weight excluding hydrogens is 247 g/mol. The Morgan fingerprint density at radius 3 is 2.81 bits per heavy atom. The summed E-state index contributed by atoms with van der Waals surface area (Å²) >= 11 is 11.7. The lowest BCUT2D eigenvalue weighted by atomic mass is 10.3. The third kappa shape index (κ3) is 4.29. The molecule has 0 spiro atoms. The molecule has 0 unspecified atom stereocenters. The van der Waals surface area contributed by atoms with Gasteiger partial charge < -0.3 is 10.6 Å². The number of benzene rings is 1. The van der Waals surface area contributed by atoms with Gasteiger partial charge in [-0.05, 0) is 24.6 Å². The molecule has 88 valence electrons. The highest BCUT2D eigenvalue weighted by molar-refractivity contribution is 6.35. The lowest BCUT2D eigenvalue weighted by Crippen LogP contribution is -2.30. The van der Waals surface area contributed by atoms with Crippen molar-refractivity contribution < 1.29 is 4.79 Å². The lowest BCUT2D eigenvalue weighted by Gasteiger charge is -2.08. The minimum absolute atomic E-state index is 0.0575. The lowest BCUT2D eigenvalue weighted by molar-refractivity contribution is -0.119. The van der Waals surface area contributed by atoms with Crippen molar-refractivity contribution >= 4 is 34.8 Å². The SMILES string of the molecule is CCCNC(=O)CNc1cc(Cl)ccc1Cl. The van der Waals surface area contributed by atoms with Crippen molar-refractivity contribution in [1.29, 1.82) is 0 Å². The minimum atomic E-state index is -0.0575. The van der Waals surface area contributed by atoms with Gasteiger partial charge in [0.1, 0.15) is 0 Å². The van der Waals surface area contributed by atoms with E-state index in [2.05, 4.69) is 10.6 Å². The maximum Gasteiger partial charge on any atom is 0.239 e. The van der Waals surface area contributed by atoms with Crippen molar-refractivity contribution in [1.82, 2.24) is 5.32 Å². The number of carbonyl (C=O) groups is 1. The summed E-state index contributed by atoms with van der Waals surface area (Å²) in [6.45, 7) is 2.88. The van der Waals surface area contributed by atoms with E-state index in [4.69, 9.17) is 23.2 Å². The molecule has 0 aliphatic carbocycles. The summed E-state index contributed by atoms with van der Waals surface area (Å²) in [5, 5.41) is 6.83. The molecular formula is C11H14Cl2N2O.